The standard InChI is InChI=1S/C26H18BrN3O4/c27-23-11-4-3-10-22(23)25(31)29-24(15-17-6-5-9-21(14-17)30(33)34)26(32)28-20-13-12-18-7-1-2-8-19(18)16-20/h1-16H,(H,28,32)(H,29,31)/b24-15-. The molecule has 0 saturated heterocycles. The van der Waals surface area contributed by atoms with E-state index in [2.05, 4.69) is 26.6 Å². The van der Waals surface area contributed by atoms with Gasteiger partial charge in [-0.3, -0.25) is 19.7 Å². The number of hydrogen-bond donors (Lipinski definition) is 2. The molecule has 0 fully saturated rings. The molecular weight excluding hydrogens is 498 g/mol. The number of nitrogens with zero attached hydrogens (tertiary/aromatic N) is 1. The zero-order valence-corrected chi connectivity index (χ0v) is 19.3. The molecule has 0 unspecified atom stereocenters. The molecular formula is C26H18BrN3O4. The van der Waals surface area contributed by atoms with Crippen LogP contribution in [0.25, 0.3) is 16.8 Å². The quantitative estimate of drug-likeness (QED) is 0.189. The third-order valence-corrected chi connectivity index (χ3v) is 5.70. The molecule has 0 aliphatic carbocycles. The molecule has 0 radical (unpaired) electrons. The van der Waals surface area contributed by atoms with Crippen molar-refractivity contribution in [2.45, 2.75) is 0 Å². The fourth-order valence-corrected chi connectivity index (χ4v) is 3.82. The molecule has 2 amide bonds. The summed E-state index contributed by atoms with van der Waals surface area (Å²) < 4.78 is 0.567. The van der Waals surface area contributed by atoms with Crippen LogP contribution in [0, 0.1) is 10.1 Å². The van der Waals surface area contributed by atoms with Crippen molar-refractivity contribution in [3.05, 3.63) is 122 Å². The molecule has 8 heteroatoms. The Balaban J connectivity index is 1.67. The molecule has 0 heterocycles. The fourth-order valence-electron chi connectivity index (χ4n) is 3.35. The number of fused-ring (bicyclic) bond motifs is 1. The van der Waals surface area contributed by atoms with Gasteiger partial charge in [0.15, 0.2) is 0 Å². The molecule has 0 bridgehead atoms. The summed E-state index contributed by atoms with van der Waals surface area (Å²) in [5, 5.41) is 18.6. The number of hydrogen-bond acceptors (Lipinski definition) is 4. The third-order valence-electron chi connectivity index (χ3n) is 5.01. The van der Waals surface area contributed by atoms with Crippen LogP contribution in [-0.4, -0.2) is 16.7 Å². The fraction of sp³-hybridized carbons (Fsp3) is 0. The van der Waals surface area contributed by atoms with Crippen molar-refractivity contribution in [2.75, 3.05) is 5.32 Å². The number of halogens is 1. The minimum Gasteiger partial charge on any atom is -0.321 e. The molecule has 0 aliphatic heterocycles. The largest absolute Gasteiger partial charge is 0.321 e. The monoisotopic (exact) mass is 515 g/mol. The predicted molar refractivity (Wildman–Crippen MR) is 135 cm³/mol. The van der Waals surface area contributed by atoms with Crippen LogP contribution in [0.15, 0.2) is 101 Å². The Bertz CT molecular complexity index is 1450. The highest BCUT2D eigenvalue weighted by Gasteiger charge is 2.17. The summed E-state index contributed by atoms with van der Waals surface area (Å²) in [4.78, 5) is 36.7. The van der Waals surface area contributed by atoms with Crippen molar-refractivity contribution in [1.82, 2.24) is 5.32 Å². The highest BCUT2D eigenvalue weighted by molar-refractivity contribution is 9.10. The Morgan fingerprint density at radius 3 is 2.35 bits per heavy atom. The number of benzene rings is 4. The van der Waals surface area contributed by atoms with Crippen LogP contribution in [0.1, 0.15) is 15.9 Å². The number of rotatable bonds is 6. The lowest BCUT2D eigenvalue weighted by Gasteiger charge is -2.12. The maximum absolute atomic E-state index is 13.2. The molecule has 4 aromatic rings. The molecule has 0 atom stereocenters. The van der Waals surface area contributed by atoms with E-state index in [9.17, 15) is 19.7 Å². The number of anilines is 1. The average molecular weight is 516 g/mol. The number of nitro benzene ring substituents is 1. The summed E-state index contributed by atoms with van der Waals surface area (Å²) >= 11 is 3.34. The number of nitro groups is 1. The van der Waals surface area contributed by atoms with E-state index in [-0.39, 0.29) is 11.4 Å². The van der Waals surface area contributed by atoms with Crippen LogP contribution < -0.4 is 10.6 Å². The second-order valence-corrected chi connectivity index (χ2v) is 8.21. The van der Waals surface area contributed by atoms with Crippen LogP contribution in [-0.2, 0) is 4.79 Å². The third kappa shape index (κ3) is 5.36. The van der Waals surface area contributed by atoms with E-state index >= 15 is 0 Å². The van der Waals surface area contributed by atoms with Gasteiger partial charge in [0.2, 0.25) is 0 Å². The predicted octanol–water partition coefficient (Wildman–Crippen LogP) is 5.92. The van der Waals surface area contributed by atoms with Gasteiger partial charge in [0.1, 0.15) is 5.70 Å². The van der Waals surface area contributed by atoms with Gasteiger partial charge in [-0.25, -0.2) is 0 Å². The lowest BCUT2D eigenvalue weighted by molar-refractivity contribution is -0.384. The summed E-state index contributed by atoms with van der Waals surface area (Å²) in [6.45, 7) is 0. The zero-order valence-electron chi connectivity index (χ0n) is 17.7. The van der Waals surface area contributed by atoms with Crippen LogP contribution in [0.2, 0.25) is 0 Å². The van der Waals surface area contributed by atoms with Crippen molar-refractivity contribution in [3.63, 3.8) is 0 Å². The minimum absolute atomic E-state index is 0.0607. The Labute approximate surface area is 203 Å². The maximum atomic E-state index is 13.2. The SMILES string of the molecule is O=C(Nc1ccc2ccccc2c1)/C(=C/c1cccc([N+](=O)[O-])c1)NC(=O)c1ccccc1Br. The Kier molecular flexibility index (Phi) is 6.79. The van der Waals surface area contributed by atoms with Crippen molar-refractivity contribution in [2.24, 2.45) is 0 Å². The van der Waals surface area contributed by atoms with Gasteiger partial charge in [0.05, 0.1) is 10.5 Å². The highest BCUT2D eigenvalue weighted by atomic mass is 79.9. The molecule has 7 nitrogen and oxygen atoms in total. The van der Waals surface area contributed by atoms with Crippen molar-refractivity contribution < 1.29 is 14.5 Å². The van der Waals surface area contributed by atoms with E-state index in [1.165, 1.54) is 24.3 Å². The van der Waals surface area contributed by atoms with E-state index in [4.69, 9.17) is 0 Å². The first-order chi connectivity index (χ1) is 16.4. The van der Waals surface area contributed by atoms with Crippen LogP contribution in [0.3, 0.4) is 0 Å². The van der Waals surface area contributed by atoms with E-state index in [0.717, 1.165) is 10.8 Å². The number of nitrogens with one attached hydrogen (secondary N) is 2. The first-order valence-corrected chi connectivity index (χ1v) is 11.0. The summed E-state index contributed by atoms with van der Waals surface area (Å²) in [5.41, 5.74) is 1.09. The number of non-ortho nitro benzene ring substituents is 1. The first-order valence-electron chi connectivity index (χ1n) is 10.2. The molecule has 0 aromatic heterocycles. The summed E-state index contributed by atoms with van der Waals surface area (Å²) in [7, 11) is 0. The molecule has 4 aromatic carbocycles. The van der Waals surface area contributed by atoms with Gasteiger partial charge in [-0.2, -0.15) is 0 Å². The topological polar surface area (TPSA) is 101 Å². The smallest absolute Gasteiger partial charge is 0.272 e. The van der Waals surface area contributed by atoms with Gasteiger partial charge in [0, 0.05) is 22.3 Å². The van der Waals surface area contributed by atoms with Gasteiger partial charge in [-0.05, 0) is 62.6 Å². The van der Waals surface area contributed by atoms with Gasteiger partial charge in [0.25, 0.3) is 17.5 Å². The number of carbonyl (C=O) groups excluding carboxylic acids is 2. The van der Waals surface area contributed by atoms with Gasteiger partial charge < -0.3 is 10.6 Å². The van der Waals surface area contributed by atoms with Crippen LogP contribution in [0.5, 0.6) is 0 Å². The molecule has 4 rings (SSSR count). The van der Waals surface area contributed by atoms with E-state index in [1.807, 2.05) is 36.4 Å². The van der Waals surface area contributed by atoms with Crippen molar-refractivity contribution >= 4 is 56.0 Å². The minimum atomic E-state index is -0.567. The average Bonchev–Trinajstić information content (AvgIpc) is 2.84. The van der Waals surface area contributed by atoms with E-state index in [1.54, 1.807) is 36.4 Å². The Morgan fingerprint density at radius 1 is 0.853 bits per heavy atom. The second kappa shape index (κ2) is 10.1. The van der Waals surface area contributed by atoms with Crippen molar-refractivity contribution in [3.8, 4) is 0 Å². The van der Waals surface area contributed by atoms with Gasteiger partial charge in [-0.1, -0.05) is 54.6 Å². The molecule has 0 saturated carbocycles. The highest BCUT2D eigenvalue weighted by Crippen LogP contribution is 2.21. The molecule has 34 heavy (non-hydrogen) atoms. The lowest BCUT2D eigenvalue weighted by Crippen LogP contribution is -2.31. The van der Waals surface area contributed by atoms with Crippen molar-refractivity contribution in [1.29, 1.82) is 0 Å². The Morgan fingerprint density at radius 2 is 1.59 bits per heavy atom. The van der Waals surface area contributed by atoms with Gasteiger partial charge >= 0.3 is 0 Å². The summed E-state index contributed by atoms with van der Waals surface area (Å²) in [6.07, 6.45) is 1.40. The number of carbonyl (C=O) groups is 2. The summed E-state index contributed by atoms with van der Waals surface area (Å²) in [5.74, 6) is -1.07. The molecule has 168 valence electrons. The first kappa shape index (κ1) is 22.9. The normalized spacial score (nSPS) is 11.1. The maximum Gasteiger partial charge on any atom is 0.272 e. The lowest BCUT2D eigenvalue weighted by atomic mass is 10.1. The zero-order chi connectivity index (χ0) is 24.1. The van der Waals surface area contributed by atoms with Gasteiger partial charge in [-0.15, -0.1) is 0 Å². The second-order valence-electron chi connectivity index (χ2n) is 7.36. The Hall–Kier alpha value is -4.30. The van der Waals surface area contributed by atoms with E-state index < -0.39 is 16.7 Å². The summed E-state index contributed by atoms with van der Waals surface area (Å²) in [6, 6.07) is 25.8. The van der Waals surface area contributed by atoms with Crippen LogP contribution in [0.4, 0.5) is 11.4 Å². The van der Waals surface area contributed by atoms with E-state index in [0.29, 0.717) is 21.3 Å². The number of amides is 2. The van der Waals surface area contributed by atoms with Crippen LogP contribution >= 0.6 is 15.9 Å². The molecule has 0 spiro atoms. The molecule has 0 aliphatic rings. The molecule has 2 N–H and O–H groups in total.